The van der Waals surface area contributed by atoms with E-state index in [-0.39, 0.29) is 0 Å². The van der Waals surface area contributed by atoms with Crippen molar-refractivity contribution in [1.29, 1.82) is 0 Å². The third kappa shape index (κ3) is 18.9. The summed E-state index contributed by atoms with van der Waals surface area (Å²) in [5.74, 6) is 0. The molecule has 0 fully saturated rings. The van der Waals surface area contributed by atoms with Crippen molar-refractivity contribution in [1.82, 2.24) is 0 Å². The SMILES string of the molecule is CCCCCCCCCCCCO[SiH](O[Si](C)(C)C)O[Si](C)(C)C. The van der Waals surface area contributed by atoms with Crippen LogP contribution < -0.4 is 0 Å². The smallest absolute Gasteiger partial charge is 0.419 e. The molecule has 0 spiro atoms. The molecule has 0 radical (unpaired) electrons. The van der Waals surface area contributed by atoms with Gasteiger partial charge in [0.2, 0.25) is 0 Å². The monoisotopic (exact) mass is 392 g/mol. The van der Waals surface area contributed by atoms with Crippen LogP contribution in [0.15, 0.2) is 0 Å². The van der Waals surface area contributed by atoms with Gasteiger partial charge < -0.3 is 12.7 Å². The molecule has 0 aliphatic heterocycles. The van der Waals surface area contributed by atoms with Crippen molar-refractivity contribution in [3.8, 4) is 0 Å². The molecule has 0 saturated heterocycles. The number of rotatable bonds is 16. The highest BCUT2D eigenvalue weighted by molar-refractivity contribution is 6.79. The Labute approximate surface area is 156 Å². The van der Waals surface area contributed by atoms with Crippen molar-refractivity contribution in [3.63, 3.8) is 0 Å². The second kappa shape index (κ2) is 13.7. The Hall–Kier alpha value is 0.531. The molecular weight excluding hydrogens is 348 g/mol. The first-order valence-electron chi connectivity index (χ1n) is 10.1. The van der Waals surface area contributed by atoms with Gasteiger partial charge in [-0.15, -0.1) is 0 Å². The molecule has 0 saturated carbocycles. The van der Waals surface area contributed by atoms with Crippen LogP contribution >= 0.6 is 0 Å². The molecule has 3 nitrogen and oxygen atoms in total. The van der Waals surface area contributed by atoms with E-state index in [1.54, 1.807) is 0 Å². The van der Waals surface area contributed by atoms with Crippen LogP contribution in [0.25, 0.3) is 0 Å². The van der Waals surface area contributed by atoms with Gasteiger partial charge in [-0.05, 0) is 45.7 Å². The van der Waals surface area contributed by atoms with E-state index in [4.69, 9.17) is 12.7 Å². The van der Waals surface area contributed by atoms with Gasteiger partial charge in [-0.2, -0.15) is 0 Å². The number of unbranched alkanes of at least 4 members (excludes halogenated alkanes) is 9. The Kier molecular flexibility index (Phi) is 14.0. The van der Waals surface area contributed by atoms with E-state index >= 15 is 0 Å². The molecule has 0 amide bonds. The summed E-state index contributed by atoms with van der Waals surface area (Å²) >= 11 is 0. The van der Waals surface area contributed by atoms with Crippen molar-refractivity contribution in [2.24, 2.45) is 0 Å². The molecule has 0 aromatic carbocycles. The molecule has 0 aromatic heterocycles. The summed E-state index contributed by atoms with van der Waals surface area (Å²) in [6, 6.07) is 0. The predicted molar refractivity (Wildman–Crippen MR) is 114 cm³/mol. The van der Waals surface area contributed by atoms with Crippen LogP contribution in [0.3, 0.4) is 0 Å². The van der Waals surface area contributed by atoms with Gasteiger partial charge in [0.15, 0.2) is 16.6 Å². The molecule has 0 aromatic rings. The summed E-state index contributed by atoms with van der Waals surface area (Å²) < 4.78 is 18.4. The fourth-order valence-corrected chi connectivity index (χ4v) is 8.59. The Morgan fingerprint density at radius 3 is 1.33 bits per heavy atom. The molecule has 0 aliphatic rings. The number of hydrogen-bond acceptors (Lipinski definition) is 3. The van der Waals surface area contributed by atoms with Gasteiger partial charge >= 0.3 is 9.53 Å². The van der Waals surface area contributed by atoms with Gasteiger partial charge in [-0.1, -0.05) is 64.7 Å². The van der Waals surface area contributed by atoms with Gasteiger partial charge in [0.25, 0.3) is 0 Å². The van der Waals surface area contributed by atoms with E-state index in [1.807, 2.05) is 0 Å². The molecule has 0 heterocycles. The Morgan fingerprint density at radius 1 is 0.583 bits per heavy atom. The fourth-order valence-electron chi connectivity index (χ4n) is 2.44. The summed E-state index contributed by atoms with van der Waals surface area (Å²) in [6.07, 6.45) is 13.5. The van der Waals surface area contributed by atoms with Crippen LogP contribution in [0.1, 0.15) is 71.1 Å². The molecule has 24 heavy (non-hydrogen) atoms. The lowest BCUT2D eigenvalue weighted by molar-refractivity contribution is 0.192. The van der Waals surface area contributed by atoms with Crippen LogP contribution in [0, 0.1) is 0 Å². The van der Waals surface area contributed by atoms with Crippen LogP contribution in [0.4, 0.5) is 0 Å². The maximum absolute atomic E-state index is 6.17. The third-order valence-electron chi connectivity index (χ3n) is 3.65. The van der Waals surface area contributed by atoms with Crippen LogP contribution in [0.5, 0.6) is 0 Å². The van der Waals surface area contributed by atoms with Crippen molar-refractivity contribution in [3.05, 3.63) is 0 Å². The zero-order valence-corrected chi connectivity index (χ0v) is 20.7. The lowest BCUT2D eigenvalue weighted by Crippen LogP contribution is -2.45. The van der Waals surface area contributed by atoms with E-state index in [9.17, 15) is 0 Å². The minimum Gasteiger partial charge on any atom is -0.419 e. The van der Waals surface area contributed by atoms with E-state index in [0.29, 0.717) is 0 Å². The summed E-state index contributed by atoms with van der Waals surface area (Å²) in [7, 11) is -5.11. The maximum Gasteiger partial charge on any atom is 0.463 e. The average molecular weight is 393 g/mol. The Bertz CT molecular complexity index is 272. The molecule has 0 bridgehead atoms. The van der Waals surface area contributed by atoms with E-state index in [0.717, 1.165) is 13.0 Å². The highest BCUT2D eigenvalue weighted by Gasteiger charge is 2.30. The fraction of sp³-hybridized carbons (Fsp3) is 1.00. The van der Waals surface area contributed by atoms with Crippen molar-refractivity contribution in [2.45, 2.75) is 110 Å². The lowest BCUT2D eigenvalue weighted by Gasteiger charge is -2.29. The number of hydrogen-bond donors (Lipinski definition) is 0. The largest absolute Gasteiger partial charge is 0.463 e. The minimum absolute atomic E-state index is 0.808. The Morgan fingerprint density at radius 2 is 0.958 bits per heavy atom. The summed E-state index contributed by atoms with van der Waals surface area (Å²) in [5.41, 5.74) is 0. The highest BCUT2D eigenvalue weighted by atomic mass is 28.5. The topological polar surface area (TPSA) is 27.7 Å². The molecule has 0 aliphatic carbocycles. The first kappa shape index (κ1) is 24.5. The van der Waals surface area contributed by atoms with Gasteiger partial charge in [-0.25, -0.2) is 0 Å². The minimum atomic E-state index is -1.94. The van der Waals surface area contributed by atoms with Gasteiger partial charge in [0, 0.05) is 6.61 Å². The predicted octanol–water partition coefficient (Wildman–Crippen LogP) is 6.34. The molecule has 146 valence electrons. The summed E-state index contributed by atoms with van der Waals surface area (Å²) in [6.45, 7) is 16.4. The van der Waals surface area contributed by atoms with E-state index in [2.05, 4.69) is 46.2 Å². The van der Waals surface area contributed by atoms with Gasteiger partial charge in [-0.3, -0.25) is 0 Å². The zero-order valence-electron chi connectivity index (χ0n) is 17.6. The maximum atomic E-state index is 6.17. The van der Waals surface area contributed by atoms with Gasteiger partial charge in [0.1, 0.15) is 0 Å². The summed E-state index contributed by atoms with van der Waals surface area (Å²) in [4.78, 5) is 0. The van der Waals surface area contributed by atoms with E-state index in [1.165, 1.54) is 57.8 Å². The lowest BCUT2D eigenvalue weighted by atomic mass is 10.1. The second-order valence-corrected chi connectivity index (χ2v) is 20.0. The normalized spacial score (nSPS) is 13.0. The highest BCUT2D eigenvalue weighted by Crippen LogP contribution is 2.14. The van der Waals surface area contributed by atoms with Crippen molar-refractivity contribution >= 4 is 26.2 Å². The molecule has 0 atom stereocenters. The molecule has 0 rings (SSSR count). The quantitative estimate of drug-likeness (QED) is 0.226. The van der Waals surface area contributed by atoms with Gasteiger partial charge in [0.05, 0.1) is 0 Å². The van der Waals surface area contributed by atoms with Crippen molar-refractivity contribution in [2.75, 3.05) is 6.61 Å². The first-order chi connectivity index (χ1) is 11.1. The van der Waals surface area contributed by atoms with Crippen LogP contribution in [-0.2, 0) is 12.7 Å². The third-order valence-corrected chi connectivity index (χ3v) is 11.4. The Balaban J connectivity index is 3.69. The van der Waals surface area contributed by atoms with Crippen LogP contribution in [-0.4, -0.2) is 32.8 Å². The second-order valence-electron chi connectivity index (χ2n) is 8.80. The molecule has 6 heteroatoms. The van der Waals surface area contributed by atoms with Crippen LogP contribution in [0.2, 0.25) is 39.3 Å². The summed E-state index contributed by atoms with van der Waals surface area (Å²) in [5, 5.41) is 0. The molecule has 0 N–H and O–H groups in total. The molecule has 0 unspecified atom stereocenters. The van der Waals surface area contributed by atoms with Crippen molar-refractivity contribution < 1.29 is 12.7 Å². The zero-order chi connectivity index (χ0) is 18.5. The average Bonchev–Trinajstić information content (AvgIpc) is 2.41. The standard InChI is InChI=1S/C18H44O3Si3/c1-8-9-10-11-12-13-14-15-16-17-18-19-22(20-23(2,3)4)21-24(5,6)7/h22H,8-18H2,1-7H3. The molecular formula is C18H44O3Si3. The van der Waals surface area contributed by atoms with E-state index < -0.39 is 26.2 Å². The first-order valence-corrected chi connectivity index (χ1v) is 18.3.